The van der Waals surface area contributed by atoms with E-state index in [2.05, 4.69) is 11.4 Å². The van der Waals surface area contributed by atoms with Gasteiger partial charge in [0.25, 0.3) is 5.91 Å². The molecule has 0 bridgehead atoms. The highest BCUT2D eigenvalue weighted by Gasteiger charge is 2.43. The van der Waals surface area contributed by atoms with Crippen molar-refractivity contribution < 1.29 is 13.2 Å². The van der Waals surface area contributed by atoms with Crippen LogP contribution in [-0.4, -0.2) is 31.2 Å². The monoisotopic (exact) mass is 416 g/mol. The zero-order valence-electron chi connectivity index (χ0n) is 15.6. The zero-order chi connectivity index (χ0) is 19.3. The average Bonchev–Trinajstić information content (AvgIpc) is 3.64. The summed E-state index contributed by atoms with van der Waals surface area (Å²) in [5.74, 6) is 0.930. The third kappa shape index (κ3) is 3.40. The van der Waals surface area contributed by atoms with Crippen LogP contribution in [0.1, 0.15) is 46.5 Å². The summed E-state index contributed by atoms with van der Waals surface area (Å²) < 4.78 is 28.1. The van der Waals surface area contributed by atoms with Crippen LogP contribution in [-0.2, 0) is 23.0 Å². The maximum absolute atomic E-state index is 13.3. The number of benzene rings is 1. The Balaban J connectivity index is 1.38. The third-order valence-corrected chi connectivity index (χ3v) is 9.04. The molecular formula is C21H24N2O3S2. The number of carbonyl (C=O) groups excluding carboxylic acids is 1. The highest BCUT2D eigenvalue weighted by atomic mass is 32.2. The van der Waals surface area contributed by atoms with E-state index in [-0.39, 0.29) is 16.8 Å². The number of hydrogen-bond donors (Lipinski definition) is 1. The Bertz CT molecular complexity index is 994. The van der Waals surface area contributed by atoms with E-state index in [4.69, 9.17) is 0 Å². The van der Waals surface area contributed by atoms with Gasteiger partial charge in [-0.25, -0.2) is 8.42 Å². The molecule has 148 valence electrons. The summed E-state index contributed by atoms with van der Waals surface area (Å²) in [6.07, 6.45) is 5.38. The summed E-state index contributed by atoms with van der Waals surface area (Å²) in [5.41, 5.74) is 2.25. The van der Waals surface area contributed by atoms with Crippen molar-refractivity contribution in [3.63, 3.8) is 0 Å². The van der Waals surface area contributed by atoms with E-state index in [1.165, 1.54) is 46.9 Å². The van der Waals surface area contributed by atoms with Crippen molar-refractivity contribution in [1.82, 2.24) is 9.62 Å². The van der Waals surface area contributed by atoms with Crippen LogP contribution >= 0.6 is 11.3 Å². The van der Waals surface area contributed by atoms with Crippen molar-refractivity contribution in [1.29, 1.82) is 0 Å². The first-order chi connectivity index (χ1) is 13.5. The molecule has 0 unspecified atom stereocenters. The van der Waals surface area contributed by atoms with Gasteiger partial charge in [-0.3, -0.25) is 4.79 Å². The van der Waals surface area contributed by atoms with E-state index < -0.39 is 10.0 Å². The SMILES string of the molecule is O=C(NC(C1CC1)C1CC1)c1sccc1S(=O)(=O)N1CCc2ccccc2C1. The van der Waals surface area contributed by atoms with Gasteiger partial charge in [-0.2, -0.15) is 4.31 Å². The van der Waals surface area contributed by atoms with Gasteiger partial charge in [-0.1, -0.05) is 24.3 Å². The number of carbonyl (C=O) groups is 1. The summed E-state index contributed by atoms with van der Waals surface area (Å²) in [6, 6.07) is 9.76. The van der Waals surface area contributed by atoms with Crippen molar-refractivity contribution in [2.75, 3.05) is 6.54 Å². The van der Waals surface area contributed by atoms with Crippen molar-refractivity contribution >= 4 is 27.3 Å². The first kappa shape index (κ1) is 18.3. The topological polar surface area (TPSA) is 66.5 Å². The zero-order valence-corrected chi connectivity index (χ0v) is 17.3. The molecule has 2 saturated carbocycles. The van der Waals surface area contributed by atoms with Gasteiger partial charge in [0.2, 0.25) is 10.0 Å². The normalized spacial score (nSPS) is 20.2. The number of hydrogen-bond acceptors (Lipinski definition) is 4. The van der Waals surface area contributed by atoms with Gasteiger partial charge >= 0.3 is 0 Å². The van der Waals surface area contributed by atoms with Crippen molar-refractivity contribution in [3.05, 3.63) is 51.7 Å². The molecule has 7 heteroatoms. The Hall–Kier alpha value is -1.70. The van der Waals surface area contributed by atoms with Crippen LogP contribution in [0.15, 0.2) is 40.6 Å². The summed E-state index contributed by atoms with van der Waals surface area (Å²) in [4.78, 5) is 13.4. The van der Waals surface area contributed by atoms with Gasteiger partial charge < -0.3 is 5.32 Å². The fourth-order valence-corrected chi connectivity index (χ4v) is 6.95. The molecule has 2 heterocycles. The molecule has 1 amide bonds. The van der Waals surface area contributed by atoms with Crippen molar-refractivity contribution in [2.45, 2.75) is 49.6 Å². The summed E-state index contributed by atoms with van der Waals surface area (Å²) in [5, 5.41) is 4.87. The quantitative estimate of drug-likeness (QED) is 0.785. The highest BCUT2D eigenvalue weighted by Crippen LogP contribution is 2.44. The predicted molar refractivity (Wildman–Crippen MR) is 109 cm³/mol. The first-order valence-corrected chi connectivity index (χ1v) is 12.3. The summed E-state index contributed by atoms with van der Waals surface area (Å²) in [7, 11) is -3.70. The molecule has 0 atom stereocenters. The van der Waals surface area contributed by atoms with E-state index in [9.17, 15) is 13.2 Å². The summed E-state index contributed by atoms with van der Waals surface area (Å²) >= 11 is 1.22. The van der Waals surface area contributed by atoms with Crippen LogP contribution in [0.25, 0.3) is 0 Å². The number of sulfonamides is 1. The number of nitrogens with one attached hydrogen (secondary N) is 1. The minimum Gasteiger partial charge on any atom is -0.348 e. The lowest BCUT2D eigenvalue weighted by atomic mass is 10.0. The van der Waals surface area contributed by atoms with Crippen LogP contribution in [0.5, 0.6) is 0 Å². The van der Waals surface area contributed by atoms with Crippen molar-refractivity contribution in [3.8, 4) is 0 Å². The Morgan fingerprint density at radius 2 is 1.75 bits per heavy atom. The standard InChI is InChI=1S/C21H24N2O3S2/c24-21(22-19(15-5-6-15)16-7-8-16)20-18(10-12-27-20)28(25,26)23-11-9-14-3-1-2-4-17(14)13-23/h1-4,10,12,15-16,19H,5-9,11,13H2,(H,22,24). The minimum atomic E-state index is -3.70. The summed E-state index contributed by atoms with van der Waals surface area (Å²) in [6.45, 7) is 0.811. The number of thiophene rings is 1. The molecule has 0 radical (unpaired) electrons. The smallest absolute Gasteiger partial charge is 0.262 e. The fraction of sp³-hybridized carbons (Fsp3) is 0.476. The van der Waals surface area contributed by atoms with E-state index in [1.54, 1.807) is 11.4 Å². The molecule has 5 nitrogen and oxygen atoms in total. The van der Waals surface area contributed by atoms with Gasteiger partial charge in [-0.05, 0) is 66.5 Å². The largest absolute Gasteiger partial charge is 0.348 e. The lowest BCUT2D eigenvalue weighted by Crippen LogP contribution is -2.39. The van der Waals surface area contributed by atoms with E-state index in [0.29, 0.717) is 36.2 Å². The second kappa shape index (κ2) is 6.97. The number of amides is 1. The Morgan fingerprint density at radius 1 is 1.07 bits per heavy atom. The van der Waals surface area contributed by atoms with Gasteiger partial charge in [0.05, 0.1) is 0 Å². The molecule has 1 aliphatic heterocycles. The number of rotatable bonds is 6. The minimum absolute atomic E-state index is 0.153. The molecule has 2 aromatic rings. The van der Waals surface area contributed by atoms with Crippen LogP contribution in [0, 0.1) is 11.8 Å². The predicted octanol–water partition coefficient (Wildman–Crippen LogP) is 3.41. The first-order valence-electron chi connectivity index (χ1n) is 9.99. The van der Waals surface area contributed by atoms with Gasteiger partial charge in [0.15, 0.2) is 0 Å². The molecule has 1 aromatic heterocycles. The molecule has 1 aromatic carbocycles. The molecule has 28 heavy (non-hydrogen) atoms. The molecule has 0 saturated heterocycles. The Morgan fingerprint density at radius 3 is 2.43 bits per heavy atom. The second-order valence-corrected chi connectivity index (χ2v) is 11.0. The molecule has 0 spiro atoms. The second-order valence-electron chi connectivity index (χ2n) is 8.15. The van der Waals surface area contributed by atoms with Crippen LogP contribution in [0.3, 0.4) is 0 Å². The highest BCUT2D eigenvalue weighted by molar-refractivity contribution is 7.89. The molecule has 3 aliphatic rings. The maximum Gasteiger partial charge on any atom is 0.262 e. The number of fused-ring (bicyclic) bond motifs is 1. The lowest BCUT2D eigenvalue weighted by Gasteiger charge is -2.28. The molecule has 5 rings (SSSR count). The van der Waals surface area contributed by atoms with E-state index in [1.807, 2.05) is 18.2 Å². The van der Waals surface area contributed by atoms with E-state index >= 15 is 0 Å². The lowest BCUT2D eigenvalue weighted by molar-refractivity contribution is 0.0927. The number of nitrogens with zero attached hydrogens (tertiary/aromatic N) is 1. The molecule has 2 aliphatic carbocycles. The van der Waals surface area contributed by atoms with Crippen LogP contribution < -0.4 is 5.32 Å². The van der Waals surface area contributed by atoms with Gasteiger partial charge in [0, 0.05) is 19.1 Å². The van der Waals surface area contributed by atoms with Crippen LogP contribution in [0.4, 0.5) is 0 Å². The molecule has 1 N–H and O–H groups in total. The third-order valence-electron chi connectivity index (χ3n) is 6.11. The van der Waals surface area contributed by atoms with Gasteiger partial charge in [0.1, 0.15) is 9.77 Å². The van der Waals surface area contributed by atoms with Crippen LogP contribution in [0.2, 0.25) is 0 Å². The van der Waals surface area contributed by atoms with E-state index in [0.717, 1.165) is 5.56 Å². The Labute approximate surface area is 169 Å². The average molecular weight is 417 g/mol. The molecule has 2 fully saturated rings. The van der Waals surface area contributed by atoms with Crippen molar-refractivity contribution in [2.24, 2.45) is 11.8 Å². The van der Waals surface area contributed by atoms with Gasteiger partial charge in [-0.15, -0.1) is 11.3 Å². The Kier molecular flexibility index (Phi) is 4.56. The fourth-order valence-electron chi connectivity index (χ4n) is 4.23. The molecular weight excluding hydrogens is 392 g/mol. The maximum atomic E-state index is 13.3.